The lowest BCUT2D eigenvalue weighted by molar-refractivity contribution is -0.274. The first kappa shape index (κ1) is 23.2. The molecular weight excluding hydrogens is 450 g/mol. The molecule has 0 saturated heterocycles. The number of ether oxygens (including phenoxy) is 2. The number of carbonyl (C=O) groups excluding carboxylic acids is 2. The van der Waals surface area contributed by atoms with E-state index in [1.54, 1.807) is 6.92 Å². The average Bonchev–Trinajstić information content (AvgIpc) is 3.09. The zero-order valence-electron chi connectivity index (χ0n) is 16.3. The second-order valence-electron chi connectivity index (χ2n) is 6.89. The topological polar surface area (TPSA) is 94.5 Å². The second kappa shape index (κ2) is 8.59. The summed E-state index contributed by atoms with van der Waals surface area (Å²) in [6, 6.07) is 2.87. The molecule has 0 unspecified atom stereocenters. The van der Waals surface area contributed by atoms with Gasteiger partial charge in [-0.25, -0.2) is 9.48 Å². The van der Waals surface area contributed by atoms with Gasteiger partial charge in [0.15, 0.2) is 18.3 Å². The summed E-state index contributed by atoms with van der Waals surface area (Å²) < 4.78 is 85.3. The fourth-order valence-corrected chi connectivity index (χ4v) is 3.00. The van der Waals surface area contributed by atoms with Gasteiger partial charge >= 0.3 is 18.5 Å². The van der Waals surface area contributed by atoms with Gasteiger partial charge in [-0.1, -0.05) is 0 Å². The summed E-state index contributed by atoms with van der Waals surface area (Å²) >= 11 is 0. The minimum absolute atomic E-state index is 0.0105. The predicted octanol–water partition coefficient (Wildman–Crippen LogP) is 3.88. The van der Waals surface area contributed by atoms with E-state index in [9.17, 15) is 35.9 Å². The number of nitrogens with zero attached hydrogens (tertiary/aromatic N) is 2. The number of hydrogen-bond donors (Lipinski definition) is 2. The Morgan fingerprint density at radius 3 is 2.44 bits per heavy atom. The Balaban J connectivity index is 1.57. The number of nitrogens with one attached hydrogen (secondary N) is 2. The molecule has 1 aromatic heterocycles. The maximum absolute atomic E-state index is 13.2. The van der Waals surface area contributed by atoms with Gasteiger partial charge in [0.05, 0.1) is 0 Å². The molecule has 2 atom stereocenters. The number of amides is 1. The van der Waals surface area contributed by atoms with E-state index in [1.807, 2.05) is 0 Å². The summed E-state index contributed by atoms with van der Waals surface area (Å²) in [6.45, 7) is 0.758. The molecule has 0 spiro atoms. The smallest absolute Gasteiger partial charge is 0.451 e. The van der Waals surface area contributed by atoms with E-state index in [0.29, 0.717) is 4.68 Å². The molecule has 0 radical (unpaired) electrons. The molecule has 1 amide bonds. The lowest BCUT2D eigenvalue weighted by Crippen LogP contribution is -2.37. The van der Waals surface area contributed by atoms with Crippen LogP contribution < -0.4 is 15.4 Å². The minimum Gasteiger partial charge on any atom is -0.451 e. The highest BCUT2D eigenvalue weighted by Gasteiger charge is 2.45. The second-order valence-corrected chi connectivity index (χ2v) is 6.89. The number of hydrogen-bond acceptors (Lipinski definition) is 6. The molecule has 1 aliphatic heterocycles. The fraction of sp³-hybridized carbons (Fsp3) is 0.389. The fourth-order valence-electron chi connectivity index (χ4n) is 3.00. The van der Waals surface area contributed by atoms with Crippen molar-refractivity contribution in [1.29, 1.82) is 0 Å². The van der Waals surface area contributed by atoms with Crippen molar-refractivity contribution in [2.24, 2.45) is 0 Å². The maximum Gasteiger partial charge on any atom is 0.573 e. The van der Waals surface area contributed by atoms with Crippen LogP contribution in [0.2, 0.25) is 0 Å². The molecule has 1 aromatic carbocycles. The first-order valence-electron chi connectivity index (χ1n) is 9.07. The lowest BCUT2D eigenvalue weighted by atomic mass is 10.1. The Morgan fingerprint density at radius 2 is 1.84 bits per heavy atom. The van der Waals surface area contributed by atoms with Crippen molar-refractivity contribution < 1.29 is 45.4 Å². The summed E-state index contributed by atoms with van der Waals surface area (Å²) in [4.78, 5) is 24.0. The van der Waals surface area contributed by atoms with Crippen LogP contribution in [0.4, 0.5) is 37.8 Å². The molecule has 2 heterocycles. The molecule has 174 valence electrons. The van der Waals surface area contributed by atoms with Crippen LogP contribution in [-0.4, -0.2) is 46.8 Å². The number of aromatic nitrogens is 2. The number of halogens is 6. The van der Waals surface area contributed by atoms with Gasteiger partial charge in [-0.3, -0.25) is 4.79 Å². The van der Waals surface area contributed by atoms with Crippen LogP contribution in [0.15, 0.2) is 30.3 Å². The Hall–Kier alpha value is -3.45. The van der Waals surface area contributed by atoms with Gasteiger partial charge in [-0.05, 0) is 37.6 Å². The lowest BCUT2D eigenvalue weighted by Gasteiger charge is -2.31. The van der Waals surface area contributed by atoms with Crippen molar-refractivity contribution in [3.63, 3.8) is 0 Å². The average molecular weight is 466 g/mol. The van der Waals surface area contributed by atoms with Crippen molar-refractivity contribution in [3.8, 4) is 5.75 Å². The third-order valence-corrected chi connectivity index (χ3v) is 4.30. The van der Waals surface area contributed by atoms with E-state index in [2.05, 4.69) is 20.5 Å². The normalized spacial score (nSPS) is 18.3. The molecule has 0 bridgehead atoms. The molecule has 3 rings (SSSR count). The largest absolute Gasteiger partial charge is 0.573 e. The van der Waals surface area contributed by atoms with Crippen LogP contribution in [0.5, 0.6) is 5.75 Å². The molecule has 2 N–H and O–H groups in total. The van der Waals surface area contributed by atoms with Gasteiger partial charge in [0.2, 0.25) is 0 Å². The molecule has 2 aromatic rings. The summed E-state index contributed by atoms with van der Waals surface area (Å²) in [6.07, 6.45) is -9.71. The first-order chi connectivity index (χ1) is 14.8. The van der Waals surface area contributed by atoms with Crippen molar-refractivity contribution >= 4 is 23.4 Å². The van der Waals surface area contributed by atoms with Gasteiger partial charge in [0.25, 0.3) is 5.91 Å². The van der Waals surface area contributed by atoms with Crippen LogP contribution in [0.1, 0.15) is 29.9 Å². The number of rotatable bonds is 5. The highest BCUT2D eigenvalue weighted by Crippen LogP contribution is 2.39. The number of alkyl halides is 6. The van der Waals surface area contributed by atoms with Crippen LogP contribution in [-0.2, 0) is 9.53 Å². The van der Waals surface area contributed by atoms with Crippen molar-refractivity contribution in [3.05, 3.63) is 36.0 Å². The summed E-state index contributed by atoms with van der Waals surface area (Å²) in [7, 11) is 0. The molecule has 0 saturated carbocycles. The quantitative estimate of drug-likeness (QED) is 0.513. The van der Waals surface area contributed by atoms with Gasteiger partial charge in [-0.15, -0.1) is 13.2 Å². The Morgan fingerprint density at radius 1 is 1.19 bits per heavy atom. The number of benzene rings is 1. The van der Waals surface area contributed by atoms with E-state index < -0.39 is 54.5 Å². The summed E-state index contributed by atoms with van der Waals surface area (Å²) in [5.41, 5.74) is -0.318. The third-order valence-electron chi connectivity index (χ3n) is 4.30. The van der Waals surface area contributed by atoms with Crippen molar-refractivity contribution in [2.75, 3.05) is 17.2 Å². The maximum atomic E-state index is 13.2. The van der Waals surface area contributed by atoms with Gasteiger partial charge in [0.1, 0.15) is 11.6 Å². The Labute approximate surface area is 176 Å². The van der Waals surface area contributed by atoms with Crippen molar-refractivity contribution in [1.82, 2.24) is 9.78 Å². The number of anilines is 2. The van der Waals surface area contributed by atoms with Gasteiger partial charge in [-0.2, -0.15) is 18.3 Å². The zero-order chi connectivity index (χ0) is 23.7. The first-order valence-corrected chi connectivity index (χ1v) is 9.07. The highest BCUT2D eigenvalue weighted by molar-refractivity contribution is 5.95. The SMILES string of the molecule is C[C@@H]1C[C@H](C(F)(F)F)n2nc(C(=O)OCC(=O)Nc3ccc(OC(F)(F)F)cc3)cc2N1. The Bertz CT molecular complexity index is 987. The number of esters is 1. The summed E-state index contributed by atoms with van der Waals surface area (Å²) in [5.74, 6) is -2.45. The van der Waals surface area contributed by atoms with E-state index in [-0.39, 0.29) is 17.9 Å². The number of fused-ring (bicyclic) bond motifs is 1. The van der Waals surface area contributed by atoms with E-state index in [0.717, 1.165) is 30.3 Å². The van der Waals surface area contributed by atoms with Crippen molar-refractivity contribution in [2.45, 2.75) is 38.0 Å². The molecule has 0 aliphatic carbocycles. The molecule has 0 fully saturated rings. The van der Waals surface area contributed by atoms with E-state index in [1.165, 1.54) is 0 Å². The highest BCUT2D eigenvalue weighted by atomic mass is 19.4. The van der Waals surface area contributed by atoms with Crippen LogP contribution >= 0.6 is 0 Å². The number of carbonyl (C=O) groups is 2. The van der Waals surface area contributed by atoms with E-state index >= 15 is 0 Å². The van der Waals surface area contributed by atoms with Gasteiger partial charge in [0, 0.05) is 17.8 Å². The molecular formula is C18H16F6N4O4. The third kappa shape index (κ3) is 5.82. The van der Waals surface area contributed by atoms with Crippen LogP contribution in [0, 0.1) is 0 Å². The molecule has 14 heteroatoms. The molecule has 32 heavy (non-hydrogen) atoms. The van der Waals surface area contributed by atoms with Crippen LogP contribution in [0.25, 0.3) is 0 Å². The zero-order valence-corrected chi connectivity index (χ0v) is 16.3. The van der Waals surface area contributed by atoms with Crippen LogP contribution in [0.3, 0.4) is 0 Å². The Kier molecular flexibility index (Phi) is 6.23. The minimum atomic E-state index is -4.86. The molecule has 1 aliphatic rings. The summed E-state index contributed by atoms with van der Waals surface area (Å²) in [5, 5.41) is 8.72. The predicted molar refractivity (Wildman–Crippen MR) is 97.1 cm³/mol. The standard InChI is InChI=1S/C18H16F6N4O4/c1-9-6-13(17(19,20)21)28-14(25-9)7-12(27-28)16(30)31-8-15(29)26-10-2-4-11(5-3-10)32-18(22,23)24/h2-5,7,9,13,25H,6,8H2,1H3,(H,26,29)/t9-,13-/m1/s1. The monoisotopic (exact) mass is 466 g/mol. The van der Waals surface area contributed by atoms with Gasteiger partial charge < -0.3 is 20.1 Å². The molecule has 8 nitrogen and oxygen atoms in total. The van der Waals surface area contributed by atoms with E-state index in [4.69, 9.17) is 4.74 Å².